The van der Waals surface area contributed by atoms with Crippen molar-refractivity contribution in [1.82, 2.24) is 5.32 Å². The van der Waals surface area contributed by atoms with Crippen LogP contribution in [0.4, 0.5) is 10.5 Å². The van der Waals surface area contributed by atoms with Crippen LogP contribution in [-0.4, -0.2) is 6.03 Å². The molecular formula is C19H17ClN2O. The summed E-state index contributed by atoms with van der Waals surface area (Å²) in [5.41, 5.74) is 1.68. The summed E-state index contributed by atoms with van der Waals surface area (Å²) in [5, 5.41) is 8.54. The number of nitrogens with one attached hydrogen (secondary N) is 2. The second-order valence-corrected chi connectivity index (χ2v) is 5.78. The fourth-order valence-electron chi connectivity index (χ4n) is 2.62. The summed E-state index contributed by atoms with van der Waals surface area (Å²) in [7, 11) is 0. The van der Waals surface area contributed by atoms with Crippen molar-refractivity contribution in [2.24, 2.45) is 0 Å². The van der Waals surface area contributed by atoms with Gasteiger partial charge in [0.05, 0.1) is 16.8 Å². The fourth-order valence-corrected chi connectivity index (χ4v) is 2.81. The Kier molecular flexibility index (Phi) is 4.49. The Morgan fingerprint density at radius 1 is 0.957 bits per heavy atom. The molecule has 1 atom stereocenters. The van der Waals surface area contributed by atoms with Crippen molar-refractivity contribution in [2.45, 2.75) is 13.0 Å². The van der Waals surface area contributed by atoms with Crippen LogP contribution < -0.4 is 10.6 Å². The zero-order chi connectivity index (χ0) is 16.2. The highest BCUT2D eigenvalue weighted by molar-refractivity contribution is 6.33. The van der Waals surface area contributed by atoms with E-state index in [4.69, 9.17) is 11.6 Å². The topological polar surface area (TPSA) is 41.1 Å². The number of carbonyl (C=O) groups is 1. The molecule has 0 saturated heterocycles. The van der Waals surface area contributed by atoms with Crippen LogP contribution in [-0.2, 0) is 0 Å². The van der Waals surface area contributed by atoms with Gasteiger partial charge >= 0.3 is 6.03 Å². The number of urea groups is 1. The second kappa shape index (κ2) is 6.71. The number of rotatable bonds is 3. The summed E-state index contributed by atoms with van der Waals surface area (Å²) in [6.07, 6.45) is 0. The molecule has 0 fully saturated rings. The second-order valence-electron chi connectivity index (χ2n) is 5.37. The first-order valence-electron chi connectivity index (χ1n) is 7.45. The molecule has 4 heteroatoms. The molecule has 2 N–H and O–H groups in total. The molecule has 0 aliphatic rings. The van der Waals surface area contributed by atoms with Gasteiger partial charge in [-0.1, -0.05) is 66.2 Å². The van der Waals surface area contributed by atoms with Crippen LogP contribution in [0.5, 0.6) is 0 Å². The van der Waals surface area contributed by atoms with Crippen LogP contribution in [0.25, 0.3) is 10.8 Å². The molecule has 23 heavy (non-hydrogen) atoms. The Bertz CT molecular complexity index is 842. The predicted octanol–water partition coefficient (Wildman–Crippen LogP) is 5.38. The van der Waals surface area contributed by atoms with E-state index in [1.807, 2.05) is 43.3 Å². The first-order chi connectivity index (χ1) is 11.1. The van der Waals surface area contributed by atoms with E-state index < -0.39 is 0 Å². The van der Waals surface area contributed by atoms with Gasteiger partial charge in [-0.3, -0.25) is 0 Å². The Balaban J connectivity index is 1.77. The van der Waals surface area contributed by atoms with Gasteiger partial charge in [-0.05, 0) is 35.4 Å². The third-order valence-electron chi connectivity index (χ3n) is 3.76. The number of halogens is 1. The lowest BCUT2D eigenvalue weighted by atomic mass is 10.00. The van der Waals surface area contributed by atoms with Crippen LogP contribution in [0, 0.1) is 0 Å². The van der Waals surface area contributed by atoms with Crippen molar-refractivity contribution in [3.8, 4) is 0 Å². The summed E-state index contributed by atoms with van der Waals surface area (Å²) >= 11 is 6.06. The first kappa shape index (κ1) is 15.4. The number of amides is 2. The predicted molar refractivity (Wildman–Crippen MR) is 96.0 cm³/mol. The lowest BCUT2D eigenvalue weighted by Crippen LogP contribution is -2.31. The van der Waals surface area contributed by atoms with E-state index in [0.717, 1.165) is 16.3 Å². The molecule has 2 amide bonds. The Morgan fingerprint density at radius 2 is 1.65 bits per heavy atom. The van der Waals surface area contributed by atoms with Gasteiger partial charge in [0, 0.05) is 0 Å². The molecule has 116 valence electrons. The highest BCUT2D eigenvalue weighted by atomic mass is 35.5. The maximum Gasteiger partial charge on any atom is 0.319 e. The van der Waals surface area contributed by atoms with E-state index in [9.17, 15) is 4.79 Å². The zero-order valence-corrected chi connectivity index (χ0v) is 13.5. The third-order valence-corrected chi connectivity index (χ3v) is 4.09. The lowest BCUT2D eigenvalue weighted by molar-refractivity contribution is 0.249. The van der Waals surface area contributed by atoms with E-state index in [-0.39, 0.29) is 12.1 Å². The SMILES string of the molecule is C[C@@H](NC(=O)Nc1ccccc1Cl)c1cccc2ccccc12. The van der Waals surface area contributed by atoms with E-state index >= 15 is 0 Å². The van der Waals surface area contributed by atoms with Crippen LogP contribution in [0.15, 0.2) is 66.7 Å². The third kappa shape index (κ3) is 3.46. The van der Waals surface area contributed by atoms with Crippen molar-refractivity contribution in [2.75, 3.05) is 5.32 Å². The summed E-state index contributed by atoms with van der Waals surface area (Å²) < 4.78 is 0. The molecule has 0 unspecified atom stereocenters. The highest BCUT2D eigenvalue weighted by Crippen LogP contribution is 2.24. The molecular weight excluding hydrogens is 308 g/mol. The quantitative estimate of drug-likeness (QED) is 0.667. The van der Waals surface area contributed by atoms with Gasteiger partial charge in [-0.2, -0.15) is 0 Å². The number of hydrogen-bond acceptors (Lipinski definition) is 1. The standard InChI is InChI=1S/C19H17ClN2O/c1-13(15-10-6-8-14-7-2-3-9-16(14)15)21-19(23)22-18-12-5-4-11-17(18)20/h2-13H,1H3,(H2,21,22,23)/t13-/m1/s1. The van der Waals surface area contributed by atoms with Crippen molar-refractivity contribution in [1.29, 1.82) is 0 Å². The normalized spacial score (nSPS) is 11.9. The number of carbonyl (C=O) groups excluding carboxylic acids is 1. The Morgan fingerprint density at radius 3 is 2.48 bits per heavy atom. The summed E-state index contributed by atoms with van der Waals surface area (Å²) in [4.78, 5) is 12.2. The summed E-state index contributed by atoms with van der Waals surface area (Å²) in [5.74, 6) is 0. The Labute approximate surface area is 140 Å². The highest BCUT2D eigenvalue weighted by Gasteiger charge is 2.12. The largest absolute Gasteiger partial charge is 0.331 e. The monoisotopic (exact) mass is 324 g/mol. The average molecular weight is 325 g/mol. The molecule has 0 aromatic heterocycles. The zero-order valence-electron chi connectivity index (χ0n) is 12.7. The lowest BCUT2D eigenvalue weighted by Gasteiger charge is -2.17. The smallest absolute Gasteiger partial charge is 0.319 e. The minimum Gasteiger partial charge on any atom is -0.331 e. The molecule has 0 saturated carbocycles. The van der Waals surface area contributed by atoms with E-state index in [1.54, 1.807) is 12.1 Å². The van der Waals surface area contributed by atoms with E-state index in [0.29, 0.717) is 10.7 Å². The minimum atomic E-state index is -0.279. The van der Waals surface area contributed by atoms with Crippen molar-refractivity contribution in [3.63, 3.8) is 0 Å². The van der Waals surface area contributed by atoms with Crippen LogP contribution in [0.2, 0.25) is 5.02 Å². The summed E-state index contributed by atoms with van der Waals surface area (Å²) in [6.45, 7) is 1.97. The van der Waals surface area contributed by atoms with Crippen LogP contribution in [0.3, 0.4) is 0 Å². The van der Waals surface area contributed by atoms with E-state index in [2.05, 4.69) is 28.8 Å². The van der Waals surface area contributed by atoms with Crippen molar-refractivity contribution >= 4 is 34.1 Å². The molecule has 0 spiro atoms. The van der Waals surface area contributed by atoms with Crippen LogP contribution in [0.1, 0.15) is 18.5 Å². The molecule has 0 bridgehead atoms. The maximum atomic E-state index is 12.2. The summed E-state index contributed by atoms with van der Waals surface area (Å²) in [6, 6.07) is 21.0. The van der Waals surface area contributed by atoms with Gasteiger partial charge in [0.15, 0.2) is 0 Å². The maximum absolute atomic E-state index is 12.2. The van der Waals surface area contributed by atoms with Gasteiger partial charge in [0.1, 0.15) is 0 Å². The molecule has 0 heterocycles. The van der Waals surface area contributed by atoms with Gasteiger partial charge in [0.25, 0.3) is 0 Å². The van der Waals surface area contributed by atoms with E-state index in [1.165, 1.54) is 0 Å². The molecule has 3 nitrogen and oxygen atoms in total. The van der Waals surface area contributed by atoms with Gasteiger partial charge in [0.2, 0.25) is 0 Å². The number of fused-ring (bicyclic) bond motifs is 1. The molecule has 0 aliphatic heterocycles. The molecule has 0 radical (unpaired) electrons. The van der Waals surface area contributed by atoms with Crippen molar-refractivity contribution < 1.29 is 4.79 Å². The first-order valence-corrected chi connectivity index (χ1v) is 7.82. The number of hydrogen-bond donors (Lipinski definition) is 2. The molecule has 3 aromatic rings. The fraction of sp³-hybridized carbons (Fsp3) is 0.105. The minimum absolute atomic E-state index is 0.122. The number of benzene rings is 3. The van der Waals surface area contributed by atoms with Gasteiger partial charge in [-0.15, -0.1) is 0 Å². The number of anilines is 1. The average Bonchev–Trinajstić information content (AvgIpc) is 2.56. The molecule has 3 rings (SSSR count). The van der Waals surface area contributed by atoms with Gasteiger partial charge in [-0.25, -0.2) is 4.79 Å². The Hall–Kier alpha value is -2.52. The van der Waals surface area contributed by atoms with Crippen molar-refractivity contribution in [3.05, 3.63) is 77.3 Å². The molecule has 0 aliphatic carbocycles. The van der Waals surface area contributed by atoms with Gasteiger partial charge < -0.3 is 10.6 Å². The van der Waals surface area contributed by atoms with Crippen LogP contribution >= 0.6 is 11.6 Å². The molecule has 3 aromatic carbocycles. The number of para-hydroxylation sites is 1.